The number of amides is 1. The van der Waals surface area contributed by atoms with Gasteiger partial charge < -0.3 is 18.5 Å². The first kappa shape index (κ1) is 18.7. The second kappa shape index (κ2) is 7.48. The van der Waals surface area contributed by atoms with Gasteiger partial charge in [-0.3, -0.25) is 4.79 Å². The molecule has 3 aromatic heterocycles. The van der Waals surface area contributed by atoms with E-state index in [2.05, 4.69) is 21.0 Å². The number of furan rings is 1. The van der Waals surface area contributed by atoms with Gasteiger partial charge in [0.25, 0.3) is 0 Å². The van der Waals surface area contributed by atoms with E-state index in [-0.39, 0.29) is 5.76 Å². The van der Waals surface area contributed by atoms with Crippen LogP contribution in [0.5, 0.6) is 11.5 Å². The van der Waals surface area contributed by atoms with Crippen LogP contribution in [0.3, 0.4) is 0 Å². The van der Waals surface area contributed by atoms with Gasteiger partial charge in [-0.15, -0.1) is 9.89 Å². The number of nitrogens with zero attached hydrogens (tertiary/aromatic N) is 5. The topological polar surface area (TPSA) is 109 Å². The van der Waals surface area contributed by atoms with E-state index < -0.39 is 5.91 Å². The van der Waals surface area contributed by atoms with Gasteiger partial charge in [0, 0.05) is 11.1 Å². The van der Waals surface area contributed by atoms with Gasteiger partial charge in [-0.2, -0.15) is 0 Å². The van der Waals surface area contributed by atoms with Gasteiger partial charge in [0.1, 0.15) is 11.3 Å². The lowest BCUT2D eigenvalue weighted by Crippen LogP contribution is -2.23. The summed E-state index contributed by atoms with van der Waals surface area (Å²) in [6.07, 6.45) is 1.27. The summed E-state index contributed by atoms with van der Waals surface area (Å²) < 4.78 is 19.4. The molecule has 0 aliphatic rings. The fourth-order valence-corrected chi connectivity index (χ4v) is 3.57. The second-order valence-electron chi connectivity index (χ2n) is 6.62. The number of hydrogen-bond donors (Lipinski definition) is 1. The zero-order valence-electron chi connectivity index (χ0n) is 16.8. The number of benzene rings is 2. The van der Waals surface area contributed by atoms with E-state index in [1.165, 1.54) is 6.33 Å². The molecule has 5 aromatic rings. The van der Waals surface area contributed by atoms with Crippen molar-refractivity contribution in [2.45, 2.75) is 6.92 Å². The van der Waals surface area contributed by atoms with Crippen molar-refractivity contribution in [3.63, 3.8) is 0 Å². The Morgan fingerprint density at radius 1 is 1.19 bits per heavy atom. The molecule has 3 heterocycles. The third kappa shape index (κ3) is 3.05. The highest BCUT2D eigenvalue weighted by Gasteiger charge is 2.29. The Balaban J connectivity index is 1.80. The van der Waals surface area contributed by atoms with Crippen LogP contribution in [-0.2, 0) is 0 Å². The van der Waals surface area contributed by atoms with Crippen LogP contribution >= 0.6 is 0 Å². The molecule has 0 unspecified atom stereocenters. The summed E-state index contributed by atoms with van der Waals surface area (Å²) in [5.41, 5.74) is 5.52. The first-order chi connectivity index (χ1) is 15.2. The monoisotopic (exact) mass is 418 g/mol. The summed E-state index contributed by atoms with van der Waals surface area (Å²) in [5, 5.41) is 11.5. The Kier molecular flexibility index (Phi) is 4.51. The molecule has 0 saturated carbocycles. The van der Waals surface area contributed by atoms with Crippen LogP contribution in [0.15, 0.2) is 59.3 Å². The molecule has 0 aliphatic carbocycles. The molecule has 31 heavy (non-hydrogen) atoms. The molecular formula is C21H18N6O4. The zero-order chi connectivity index (χ0) is 21.4. The number of para-hydroxylation sites is 1. The van der Waals surface area contributed by atoms with Gasteiger partial charge in [0.05, 0.1) is 19.2 Å². The average Bonchev–Trinajstić information content (AvgIpc) is 3.50. The normalized spacial score (nSPS) is 11.2. The summed E-state index contributed by atoms with van der Waals surface area (Å²) in [4.78, 5) is 14.0. The molecule has 0 spiro atoms. The minimum absolute atomic E-state index is 0.0248. The molecule has 0 bridgehead atoms. The third-order valence-corrected chi connectivity index (χ3v) is 4.83. The minimum Gasteiger partial charge on any atom is -0.497 e. The fraction of sp³-hybridized carbons (Fsp3) is 0.143. The molecule has 10 nitrogen and oxygen atoms in total. The van der Waals surface area contributed by atoms with Gasteiger partial charge in [-0.1, -0.05) is 18.2 Å². The molecule has 1 amide bonds. The maximum Gasteiger partial charge on any atom is 0.311 e. The molecule has 5 rings (SSSR count). The average molecular weight is 418 g/mol. The van der Waals surface area contributed by atoms with Crippen LogP contribution in [0.2, 0.25) is 0 Å². The van der Waals surface area contributed by atoms with E-state index in [0.717, 1.165) is 21.4 Å². The lowest BCUT2D eigenvalue weighted by molar-refractivity contribution is 0.0975. The highest BCUT2D eigenvalue weighted by Crippen LogP contribution is 2.42. The molecule has 1 N–H and O–H groups in total. The Hall–Kier alpha value is -4.34. The number of methoxy groups -OCH3 is 1. The molecule has 0 saturated heterocycles. The van der Waals surface area contributed by atoms with Crippen LogP contribution in [0.25, 0.3) is 27.7 Å². The number of carbonyl (C=O) groups excluding carboxylic acids is 1. The molecule has 0 fully saturated rings. The molecule has 0 radical (unpaired) electrons. The van der Waals surface area contributed by atoms with Crippen LogP contribution in [0.1, 0.15) is 17.5 Å². The summed E-state index contributed by atoms with van der Waals surface area (Å²) in [5.74, 6) is 0.495. The predicted molar refractivity (Wildman–Crippen MR) is 112 cm³/mol. The number of aromatic nitrogens is 5. The van der Waals surface area contributed by atoms with Gasteiger partial charge >= 0.3 is 5.91 Å². The fourth-order valence-electron chi connectivity index (χ4n) is 3.57. The molecule has 10 heteroatoms. The van der Waals surface area contributed by atoms with Crippen LogP contribution in [-0.4, -0.2) is 44.5 Å². The van der Waals surface area contributed by atoms with E-state index in [0.29, 0.717) is 29.2 Å². The van der Waals surface area contributed by atoms with Crippen LogP contribution in [0, 0.1) is 0 Å². The van der Waals surface area contributed by atoms with Gasteiger partial charge in [-0.05, 0) is 47.7 Å². The molecule has 2 aromatic carbocycles. The van der Waals surface area contributed by atoms with Crippen molar-refractivity contribution < 1.29 is 18.7 Å². The maximum absolute atomic E-state index is 12.9. The van der Waals surface area contributed by atoms with Crippen molar-refractivity contribution in [2.24, 2.45) is 0 Å². The summed E-state index contributed by atoms with van der Waals surface area (Å²) >= 11 is 0. The third-order valence-electron chi connectivity index (χ3n) is 4.83. The maximum atomic E-state index is 12.9. The number of tetrazole rings is 1. The number of hydrogen-bond acceptors (Lipinski definition) is 7. The van der Waals surface area contributed by atoms with Crippen molar-refractivity contribution in [1.82, 2.24) is 24.9 Å². The lowest BCUT2D eigenvalue weighted by Gasteiger charge is -2.10. The number of ether oxygens (including phenoxy) is 2. The van der Waals surface area contributed by atoms with Gasteiger partial charge in [0.2, 0.25) is 5.76 Å². The number of rotatable bonds is 6. The summed E-state index contributed by atoms with van der Waals surface area (Å²) in [6.45, 7) is 2.19. The largest absolute Gasteiger partial charge is 0.497 e. The van der Waals surface area contributed by atoms with E-state index in [9.17, 15) is 4.79 Å². The van der Waals surface area contributed by atoms with Crippen molar-refractivity contribution >= 4 is 27.9 Å². The lowest BCUT2D eigenvalue weighted by atomic mass is 10.2. The molecule has 0 aliphatic heterocycles. The van der Waals surface area contributed by atoms with Crippen molar-refractivity contribution in [2.75, 3.05) is 19.1 Å². The van der Waals surface area contributed by atoms with E-state index in [4.69, 9.17) is 13.9 Å². The van der Waals surface area contributed by atoms with Crippen LogP contribution in [0.4, 0.5) is 0 Å². The zero-order valence-corrected chi connectivity index (χ0v) is 16.8. The Labute approximate surface area is 175 Å². The van der Waals surface area contributed by atoms with Crippen molar-refractivity contribution in [3.8, 4) is 17.2 Å². The highest BCUT2D eigenvalue weighted by atomic mass is 16.5. The second-order valence-corrected chi connectivity index (χ2v) is 6.62. The Morgan fingerprint density at radius 2 is 2.03 bits per heavy atom. The quantitative estimate of drug-likeness (QED) is 0.451. The summed E-state index contributed by atoms with van der Waals surface area (Å²) in [6, 6.07) is 15.5. The highest BCUT2D eigenvalue weighted by molar-refractivity contribution is 6.13. The Morgan fingerprint density at radius 3 is 2.74 bits per heavy atom. The molecule has 0 atom stereocenters. The van der Waals surface area contributed by atoms with Crippen LogP contribution < -0.4 is 14.9 Å². The van der Waals surface area contributed by atoms with Gasteiger partial charge in [0.15, 0.2) is 17.7 Å². The number of carbonyl (C=O) groups is 1. The number of fused-ring (bicyclic) bond motifs is 3. The van der Waals surface area contributed by atoms with Gasteiger partial charge in [-0.25, -0.2) is 5.43 Å². The Bertz CT molecular complexity index is 1370. The molecule has 156 valence electrons. The van der Waals surface area contributed by atoms with Crippen molar-refractivity contribution in [1.29, 1.82) is 0 Å². The smallest absolute Gasteiger partial charge is 0.311 e. The first-order valence-corrected chi connectivity index (χ1v) is 9.58. The van der Waals surface area contributed by atoms with E-state index >= 15 is 0 Å². The summed E-state index contributed by atoms with van der Waals surface area (Å²) in [7, 11) is 1.60. The predicted octanol–water partition coefficient (Wildman–Crippen LogP) is 3.15. The van der Waals surface area contributed by atoms with E-state index in [1.807, 2.05) is 60.0 Å². The number of nitrogens with one attached hydrogen (secondary N) is 1. The SMILES string of the molecule is CCOc1c(C(=O)Nn2cnnn2)oc2c3cc(OC)ccc3n(-c3ccccc3)c12. The first-order valence-electron chi connectivity index (χ1n) is 9.58. The van der Waals surface area contributed by atoms with Crippen molar-refractivity contribution in [3.05, 3.63) is 60.6 Å². The minimum atomic E-state index is -0.539. The van der Waals surface area contributed by atoms with E-state index in [1.54, 1.807) is 7.11 Å². The standard InChI is InChI=1S/C21H18N6O4/c1-3-30-19-17-18(31-20(19)21(28)23-26-12-22-24-25-26)15-11-14(29-2)9-10-16(15)27(17)13-7-5-4-6-8-13/h4-12H,3H2,1-2H3,(H,23,28). The molecular weight excluding hydrogens is 400 g/mol.